The summed E-state index contributed by atoms with van der Waals surface area (Å²) in [5, 5.41) is 10.2. The maximum atomic E-state index is 11.1. The summed E-state index contributed by atoms with van der Waals surface area (Å²) in [7, 11) is 0. The van der Waals surface area contributed by atoms with Gasteiger partial charge in [0.1, 0.15) is 5.03 Å². The van der Waals surface area contributed by atoms with Crippen LogP contribution in [0.5, 0.6) is 0 Å². The van der Waals surface area contributed by atoms with Gasteiger partial charge < -0.3 is 10.8 Å². The lowest BCUT2D eigenvalue weighted by Crippen LogP contribution is -2.10. The van der Waals surface area contributed by atoms with Gasteiger partial charge in [-0.25, -0.2) is 9.78 Å². The topological polar surface area (TPSA) is 76.2 Å². The fraction of sp³-hybridized carbons (Fsp3) is 0.500. The Bertz CT molecular complexity index is 417. The normalized spacial score (nSPS) is 16.9. The molecular formula is C12H16N2O2S. The summed E-state index contributed by atoms with van der Waals surface area (Å²) in [5.41, 5.74) is 6.18. The molecule has 1 aromatic heterocycles. The first kappa shape index (κ1) is 12.2. The highest BCUT2D eigenvalue weighted by Gasteiger charge is 2.19. The van der Waals surface area contributed by atoms with Gasteiger partial charge in [0.15, 0.2) is 0 Å². The molecule has 0 unspecified atom stereocenters. The SMILES string of the molecule is Nc1cnc(SC2CCCCC2)c(C(=O)O)c1. The minimum atomic E-state index is -0.955. The van der Waals surface area contributed by atoms with E-state index in [1.165, 1.54) is 31.5 Å². The van der Waals surface area contributed by atoms with Gasteiger partial charge in [-0.15, -0.1) is 11.8 Å². The summed E-state index contributed by atoms with van der Waals surface area (Å²) in [4.78, 5) is 15.3. The number of hydrogen-bond donors (Lipinski definition) is 2. The number of thioether (sulfide) groups is 1. The maximum absolute atomic E-state index is 11.1. The molecule has 0 bridgehead atoms. The fourth-order valence-electron chi connectivity index (χ4n) is 2.06. The van der Waals surface area contributed by atoms with Gasteiger partial charge in [0.05, 0.1) is 17.4 Å². The van der Waals surface area contributed by atoms with Crippen molar-refractivity contribution in [3.63, 3.8) is 0 Å². The van der Waals surface area contributed by atoms with E-state index in [2.05, 4.69) is 4.98 Å². The van der Waals surface area contributed by atoms with Crippen molar-refractivity contribution in [3.05, 3.63) is 17.8 Å². The van der Waals surface area contributed by atoms with E-state index < -0.39 is 5.97 Å². The molecule has 0 spiro atoms. The molecule has 1 fully saturated rings. The predicted octanol–water partition coefficient (Wildman–Crippen LogP) is 2.79. The number of carboxylic acid groups (broad SMARTS) is 1. The summed E-state index contributed by atoms with van der Waals surface area (Å²) in [6, 6.07) is 1.49. The zero-order valence-corrected chi connectivity index (χ0v) is 10.4. The number of nitrogen functional groups attached to an aromatic ring is 1. The number of anilines is 1. The molecule has 0 aromatic carbocycles. The third-order valence-electron chi connectivity index (χ3n) is 2.93. The Morgan fingerprint density at radius 1 is 1.41 bits per heavy atom. The van der Waals surface area contributed by atoms with Gasteiger partial charge in [-0.2, -0.15) is 0 Å². The summed E-state index contributed by atoms with van der Waals surface area (Å²) in [5.74, 6) is -0.955. The average Bonchev–Trinajstić information content (AvgIpc) is 2.32. The van der Waals surface area contributed by atoms with Gasteiger partial charge in [-0.1, -0.05) is 19.3 Å². The van der Waals surface area contributed by atoms with Gasteiger partial charge in [0, 0.05) is 5.25 Å². The lowest BCUT2D eigenvalue weighted by atomic mass is 10.0. The first-order valence-corrected chi connectivity index (χ1v) is 6.70. The Morgan fingerprint density at radius 2 is 2.12 bits per heavy atom. The summed E-state index contributed by atoms with van der Waals surface area (Å²) >= 11 is 1.58. The molecule has 5 heteroatoms. The molecule has 0 aliphatic heterocycles. The second-order valence-electron chi connectivity index (χ2n) is 4.30. The van der Waals surface area contributed by atoms with Crippen LogP contribution in [0, 0.1) is 0 Å². The van der Waals surface area contributed by atoms with Crippen molar-refractivity contribution in [3.8, 4) is 0 Å². The number of carbonyl (C=O) groups is 1. The van der Waals surface area contributed by atoms with Crippen molar-refractivity contribution in [2.45, 2.75) is 42.4 Å². The number of nitrogens with zero attached hydrogens (tertiary/aromatic N) is 1. The lowest BCUT2D eigenvalue weighted by Gasteiger charge is -2.21. The largest absolute Gasteiger partial charge is 0.478 e. The van der Waals surface area contributed by atoms with E-state index in [0.29, 0.717) is 16.0 Å². The summed E-state index contributed by atoms with van der Waals surface area (Å²) in [6.07, 6.45) is 7.57. The molecular weight excluding hydrogens is 236 g/mol. The number of hydrogen-bond acceptors (Lipinski definition) is 4. The van der Waals surface area contributed by atoms with Crippen molar-refractivity contribution < 1.29 is 9.90 Å². The van der Waals surface area contributed by atoms with Gasteiger partial charge in [-0.3, -0.25) is 0 Å². The molecule has 1 saturated carbocycles. The second kappa shape index (κ2) is 5.40. The van der Waals surface area contributed by atoms with Crippen LogP contribution in [-0.2, 0) is 0 Å². The molecule has 4 nitrogen and oxygen atoms in total. The molecule has 17 heavy (non-hydrogen) atoms. The molecule has 92 valence electrons. The number of carboxylic acids is 1. The zero-order chi connectivity index (χ0) is 12.3. The molecule has 1 aromatic rings. The molecule has 0 atom stereocenters. The molecule has 1 aliphatic rings. The van der Waals surface area contributed by atoms with Crippen LogP contribution in [0.1, 0.15) is 42.5 Å². The number of rotatable bonds is 3. The number of nitrogens with two attached hydrogens (primary N) is 1. The smallest absolute Gasteiger partial charge is 0.338 e. The van der Waals surface area contributed by atoms with Crippen LogP contribution >= 0.6 is 11.8 Å². The van der Waals surface area contributed by atoms with Crippen molar-refractivity contribution in [2.75, 3.05) is 5.73 Å². The van der Waals surface area contributed by atoms with Gasteiger partial charge in [0.25, 0.3) is 0 Å². The first-order chi connectivity index (χ1) is 8.16. The highest BCUT2D eigenvalue weighted by Crippen LogP contribution is 2.34. The van der Waals surface area contributed by atoms with E-state index in [1.807, 2.05) is 0 Å². The quantitative estimate of drug-likeness (QED) is 0.865. The van der Waals surface area contributed by atoms with Crippen LogP contribution < -0.4 is 5.73 Å². The Kier molecular flexibility index (Phi) is 3.89. The molecule has 1 heterocycles. The molecule has 2 rings (SSSR count). The van der Waals surface area contributed by atoms with Crippen LogP contribution in [-0.4, -0.2) is 21.3 Å². The van der Waals surface area contributed by atoms with Gasteiger partial charge in [0.2, 0.25) is 0 Å². The van der Waals surface area contributed by atoms with E-state index in [4.69, 9.17) is 10.8 Å². The average molecular weight is 252 g/mol. The van der Waals surface area contributed by atoms with Crippen molar-refractivity contribution in [2.24, 2.45) is 0 Å². The molecule has 0 saturated heterocycles. The van der Waals surface area contributed by atoms with Crippen LogP contribution in [0.3, 0.4) is 0 Å². The minimum Gasteiger partial charge on any atom is -0.478 e. The van der Waals surface area contributed by atoms with Crippen molar-refractivity contribution in [1.82, 2.24) is 4.98 Å². The standard InChI is InChI=1S/C12H16N2O2S/c13-8-6-10(12(15)16)11(14-7-8)17-9-4-2-1-3-5-9/h6-7,9H,1-5,13H2,(H,15,16). The predicted molar refractivity (Wildman–Crippen MR) is 68.3 cm³/mol. The van der Waals surface area contributed by atoms with E-state index in [-0.39, 0.29) is 5.56 Å². The lowest BCUT2D eigenvalue weighted by molar-refractivity contribution is 0.0692. The van der Waals surface area contributed by atoms with Crippen LogP contribution in [0.25, 0.3) is 0 Å². The molecule has 3 N–H and O–H groups in total. The Hall–Kier alpha value is -1.23. The van der Waals surface area contributed by atoms with Crippen LogP contribution in [0.2, 0.25) is 0 Å². The zero-order valence-electron chi connectivity index (χ0n) is 9.56. The van der Waals surface area contributed by atoms with Gasteiger partial charge >= 0.3 is 5.97 Å². The van der Waals surface area contributed by atoms with E-state index in [1.54, 1.807) is 11.8 Å². The van der Waals surface area contributed by atoms with E-state index >= 15 is 0 Å². The Morgan fingerprint density at radius 3 is 2.76 bits per heavy atom. The molecule has 1 aliphatic carbocycles. The third-order valence-corrected chi connectivity index (χ3v) is 4.29. The Balaban J connectivity index is 2.16. The maximum Gasteiger partial charge on any atom is 0.338 e. The second-order valence-corrected chi connectivity index (χ2v) is 5.59. The van der Waals surface area contributed by atoms with Gasteiger partial charge in [-0.05, 0) is 18.9 Å². The summed E-state index contributed by atoms with van der Waals surface area (Å²) in [6.45, 7) is 0. The van der Waals surface area contributed by atoms with E-state index in [9.17, 15) is 4.79 Å². The monoisotopic (exact) mass is 252 g/mol. The Labute approximate surface area is 105 Å². The summed E-state index contributed by atoms with van der Waals surface area (Å²) < 4.78 is 0. The number of aromatic nitrogens is 1. The van der Waals surface area contributed by atoms with Crippen LogP contribution in [0.15, 0.2) is 17.3 Å². The molecule has 0 amide bonds. The van der Waals surface area contributed by atoms with Crippen molar-refractivity contribution in [1.29, 1.82) is 0 Å². The fourth-order valence-corrected chi connectivity index (χ4v) is 3.33. The van der Waals surface area contributed by atoms with Crippen LogP contribution in [0.4, 0.5) is 5.69 Å². The molecule has 0 radical (unpaired) electrons. The third kappa shape index (κ3) is 3.12. The minimum absolute atomic E-state index is 0.223. The number of aromatic carboxylic acids is 1. The highest BCUT2D eigenvalue weighted by molar-refractivity contribution is 7.99. The highest BCUT2D eigenvalue weighted by atomic mass is 32.2. The van der Waals surface area contributed by atoms with E-state index in [0.717, 1.165) is 12.8 Å². The first-order valence-electron chi connectivity index (χ1n) is 5.82. The van der Waals surface area contributed by atoms with Crippen molar-refractivity contribution >= 4 is 23.4 Å². The number of pyridine rings is 1.